The largest absolute Gasteiger partial charge is 0.478 e. The number of hydrogen-bond acceptors (Lipinski definition) is 2. The minimum Gasteiger partial charge on any atom is -0.478 e. The van der Waals surface area contributed by atoms with E-state index in [1.807, 2.05) is 30.3 Å². The highest BCUT2D eigenvalue weighted by Crippen LogP contribution is 2.17. The van der Waals surface area contributed by atoms with E-state index in [0.29, 0.717) is 0 Å². The lowest BCUT2D eigenvalue weighted by Crippen LogP contribution is -2.08. The molecule has 1 N–H and O–H groups in total. The first-order chi connectivity index (χ1) is 8.18. The van der Waals surface area contributed by atoms with E-state index in [2.05, 4.69) is 11.6 Å². The minimum atomic E-state index is -0.988. The molecule has 2 rings (SSSR count). The summed E-state index contributed by atoms with van der Waals surface area (Å²) in [5.41, 5.74) is 1.09. The SMILES string of the molecule is C=C(Cn1ccnc1-c1ccccc1)C(=O)O. The Kier molecular flexibility index (Phi) is 3.05. The number of rotatable bonds is 4. The maximum atomic E-state index is 10.7. The molecule has 17 heavy (non-hydrogen) atoms. The fourth-order valence-electron chi connectivity index (χ4n) is 1.56. The van der Waals surface area contributed by atoms with E-state index in [-0.39, 0.29) is 12.1 Å². The number of carboxylic acids is 1. The quantitative estimate of drug-likeness (QED) is 0.816. The Bertz CT molecular complexity index is 544. The maximum absolute atomic E-state index is 10.7. The molecule has 1 aromatic carbocycles. The van der Waals surface area contributed by atoms with Crippen LogP contribution >= 0.6 is 0 Å². The number of nitrogens with zero attached hydrogens (tertiary/aromatic N) is 2. The van der Waals surface area contributed by atoms with Crippen molar-refractivity contribution in [1.29, 1.82) is 0 Å². The van der Waals surface area contributed by atoms with E-state index in [1.54, 1.807) is 17.0 Å². The van der Waals surface area contributed by atoms with E-state index < -0.39 is 5.97 Å². The van der Waals surface area contributed by atoms with Crippen LogP contribution in [-0.2, 0) is 11.3 Å². The molecule has 0 saturated carbocycles. The molecule has 2 aromatic rings. The predicted octanol–water partition coefficient (Wildman–Crippen LogP) is 2.19. The van der Waals surface area contributed by atoms with Gasteiger partial charge in [-0.15, -0.1) is 0 Å². The summed E-state index contributed by atoms with van der Waals surface area (Å²) in [6.45, 7) is 3.75. The first kappa shape index (κ1) is 11.1. The highest BCUT2D eigenvalue weighted by Gasteiger charge is 2.09. The molecule has 0 aliphatic heterocycles. The monoisotopic (exact) mass is 228 g/mol. The molecule has 0 radical (unpaired) electrons. The van der Waals surface area contributed by atoms with Crippen LogP contribution in [-0.4, -0.2) is 20.6 Å². The Hall–Kier alpha value is -2.36. The Balaban J connectivity index is 2.30. The number of benzene rings is 1. The van der Waals surface area contributed by atoms with E-state index in [0.717, 1.165) is 11.4 Å². The van der Waals surface area contributed by atoms with Crippen LogP contribution in [0.15, 0.2) is 54.9 Å². The third-order valence-corrected chi connectivity index (χ3v) is 2.41. The molecule has 0 fully saturated rings. The van der Waals surface area contributed by atoms with E-state index >= 15 is 0 Å². The van der Waals surface area contributed by atoms with Crippen LogP contribution in [0.3, 0.4) is 0 Å². The van der Waals surface area contributed by atoms with Gasteiger partial charge in [-0.1, -0.05) is 36.9 Å². The second-order valence-corrected chi connectivity index (χ2v) is 3.65. The molecular weight excluding hydrogens is 216 g/mol. The van der Waals surface area contributed by atoms with Gasteiger partial charge in [-0.25, -0.2) is 9.78 Å². The van der Waals surface area contributed by atoms with Gasteiger partial charge in [0.05, 0.1) is 6.54 Å². The molecule has 0 amide bonds. The molecule has 1 aromatic heterocycles. The third-order valence-electron chi connectivity index (χ3n) is 2.41. The zero-order valence-corrected chi connectivity index (χ0v) is 9.21. The average Bonchev–Trinajstić information content (AvgIpc) is 2.78. The molecule has 86 valence electrons. The fourth-order valence-corrected chi connectivity index (χ4v) is 1.56. The Morgan fingerprint density at radius 2 is 2.06 bits per heavy atom. The average molecular weight is 228 g/mol. The molecule has 0 atom stereocenters. The maximum Gasteiger partial charge on any atom is 0.332 e. The fraction of sp³-hybridized carbons (Fsp3) is 0.0769. The van der Waals surface area contributed by atoms with Gasteiger partial charge in [0.15, 0.2) is 0 Å². The van der Waals surface area contributed by atoms with Crippen molar-refractivity contribution in [1.82, 2.24) is 9.55 Å². The van der Waals surface area contributed by atoms with Crippen molar-refractivity contribution in [2.45, 2.75) is 6.54 Å². The zero-order chi connectivity index (χ0) is 12.3. The molecule has 0 aliphatic rings. The number of carboxylic acid groups (broad SMARTS) is 1. The highest BCUT2D eigenvalue weighted by molar-refractivity contribution is 5.85. The van der Waals surface area contributed by atoms with Gasteiger partial charge in [-0.3, -0.25) is 0 Å². The predicted molar refractivity (Wildman–Crippen MR) is 64.4 cm³/mol. The summed E-state index contributed by atoms with van der Waals surface area (Å²) >= 11 is 0. The van der Waals surface area contributed by atoms with Crippen molar-refractivity contribution >= 4 is 5.97 Å². The lowest BCUT2D eigenvalue weighted by Gasteiger charge is -2.07. The van der Waals surface area contributed by atoms with Crippen LogP contribution in [0.2, 0.25) is 0 Å². The number of hydrogen-bond donors (Lipinski definition) is 1. The standard InChI is InChI=1S/C13H12N2O2/c1-10(13(16)17)9-15-8-7-14-12(15)11-5-3-2-4-6-11/h2-8H,1,9H2,(H,16,17). The second-order valence-electron chi connectivity index (χ2n) is 3.65. The molecule has 4 nitrogen and oxygen atoms in total. The normalized spacial score (nSPS) is 10.1. The zero-order valence-electron chi connectivity index (χ0n) is 9.21. The van der Waals surface area contributed by atoms with Gasteiger partial charge in [0.1, 0.15) is 5.82 Å². The summed E-state index contributed by atoms with van der Waals surface area (Å²) in [5, 5.41) is 8.81. The number of aromatic nitrogens is 2. The molecule has 0 aliphatic carbocycles. The Morgan fingerprint density at radius 3 is 2.71 bits per heavy atom. The van der Waals surface area contributed by atoms with Crippen molar-refractivity contribution in [3.63, 3.8) is 0 Å². The summed E-state index contributed by atoms with van der Waals surface area (Å²) in [7, 11) is 0. The van der Waals surface area contributed by atoms with Gasteiger partial charge in [-0.2, -0.15) is 0 Å². The first-order valence-electron chi connectivity index (χ1n) is 5.16. The summed E-state index contributed by atoms with van der Waals surface area (Å²) < 4.78 is 1.77. The van der Waals surface area contributed by atoms with Crippen LogP contribution in [0, 0.1) is 0 Å². The molecule has 4 heteroatoms. The third kappa shape index (κ3) is 2.42. The molecule has 0 unspecified atom stereocenters. The van der Waals surface area contributed by atoms with Gasteiger partial charge >= 0.3 is 5.97 Å². The van der Waals surface area contributed by atoms with Crippen LogP contribution in [0.1, 0.15) is 0 Å². The summed E-state index contributed by atoms with van der Waals surface area (Å²) in [5.74, 6) is -0.245. The molecular formula is C13H12N2O2. The lowest BCUT2D eigenvalue weighted by atomic mass is 10.2. The van der Waals surface area contributed by atoms with Gasteiger partial charge < -0.3 is 9.67 Å². The van der Waals surface area contributed by atoms with Gasteiger partial charge in [0.25, 0.3) is 0 Å². The van der Waals surface area contributed by atoms with Crippen molar-refractivity contribution < 1.29 is 9.90 Å². The van der Waals surface area contributed by atoms with Crippen molar-refractivity contribution in [3.05, 3.63) is 54.9 Å². The van der Waals surface area contributed by atoms with Crippen molar-refractivity contribution in [3.8, 4) is 11.4 Å². The van der Waals surface area contributed by atoms with Crippen LogP contribution in [0.5, 0.6) is 0 Å². The number of imidazole rings is 1. The van der Waals surface area contributed by atoms with E-state index in [1.165, 1.54) is 0 Å². The second kappa shape index (κ2) is 4.65. The van der Waals surface area contributed by atoms with Crippen LogP contribution < -0.4 is 0 Å². The van der Waals surface area contributed by atoms with Crippen molar-refractivity contribution in [2.75, 3.05) is 0 Å². The number of carbonyl (C=O) groups is 1. The van der Waals surface area contributed by atoms with Crippen LogP contribution in [0.25, 0.3) is 11.4 Å². The first-order valence-corrected chi connectivity index (χ1v) is 5.16. The summed E-state index contributed by atoms with van der Waals surface area (Å²) in [6, 6.07) is 9.62. The molecule has 1 heterocycles. The van der Waals surface area contributed by atoms with Gasteiger partial charge in [-0.05, 0) is 0 Å². The summed E-state index contributed by atoms with van der Waals surface area (Å²) in [6.07, 6.45) is 3.40. The Morgan fingerprint density at radius 1 is 1.35 bits per heavy atom. The van der Waals surface area contributed by atoms with E-state index in [9.17, 15) is 4.79 Å². The topological polar surface area (TPSA) is 55.1 Å². The smallest absolute Gasteiger partial charge is 0.332 e. The molecule has 0 spiro atoms. The highest BCUT2D eigenvalue weighted by atomic mass is 16.4. The van der Waals surface area contributed by atoms with Crippen LogP contribution in [0.4, 0.5) is 0 Å². The number of aliphatic carboxylic acids is 1. The summed E-state index contributed by atoms with van der Waals surface area (Å²) in [4.78, 5) is 15.0. The van der Waals surface area contributed by atoms with E-state index in [4.69, 9.17) is 5.11 Å². The van der Waals surface area contributed by atoms with Gasteiger partial charge in [0, 0.05) is 23.5 Å². The lowest BCUT2D eigenvalue weighted by molar-refractivity contribution is -0.132. The van der Waals surface area contributed by atoms with Gasteiger partial charge in [0.2, 0.25) is 0 Å². The Labute approximate surface area is 98.9 Å². The molecule has 0 bridgehead atoms. The minimum absolute atomic E-state index is 0.139. The molecule has 0 saturated heterocycles. The van der Waals surface area contributed by atoms with Crippen molar-refractivity contribution in [2.24, 2.45) is 0 Å².